The highest BCUT2D eigenvalue weighted by atomic mass is 32.2. The Morgan fingerprint density at radius 3 is 2.18 bits per heavy atom. The van der Waals surface area contributed by atoms with Crippen LogP contribution >= 0.6 is 0 Å². The van der Waals surface area contributed by atoms with E-state index in [1.54, 1.807) is 22.6 Å². The van der Waals surface area contributed by atoms with Gasteiger partial charge < -0.3 is 4.90 Å². The van der Waals surface area contributed by atoms with Gasteiger partial charge in [-0.3, -0.25) is 0 Å². The van der Waals surface area contributed by atoms with E-state index in [9.17, 15) is 8.42 Å². The van der Waals surface area contributed by atoms with Crippen molar-refractivity contribution in [1.29, 1.82) is 0 Å². The summed E-state index contributed by atoms with van der Waals surface area (Å²) in [5, 5.41) is 5.50. The highest BCUT2D eigenvalue weighted by Crippen LogP contribution is 2.28. The first-order valence-corrected chi connectivity index (χ1v) is 12.8. The molecule has 0 atom stereocenters. The number of fused-ring (bicyclic) bond motifs is 1. The lowest BCUT2D eigenvalue weighted by Crippen LogP contribution is -2.49. The molecular formula is C25H28N6O2S. The number of aryl methyl sites for hydroxylation is 4. The molecule has 0 radical (unpaired) electrons. The van der Waals surface area contributed by atoms with Crippen LogP contribution in [0.1, 0.15) is 22.5 Å². The summed E-state index contributed by atoms with van der Waals surface area (Å²) in [5.41, 5.74) is 5.09. The normalized spacial score (nSPS) is 15.2. The van der Waals surface area contributed by atoms with Crippen LogP contribution < -0.4 is 4.90 Å². The fourth-order valence-electron chi connectivity index (χ4n) is 4.46. The van der Waals surface area contributed by atoms with E-state index in [0.717, 1.165) is 33.7 Å². The Kier molecular flexibility index (Phi) is 5.61. The smallest absolute Gasteiger partial charge is 0.243 e. The van der Waals surface area contributed by atoms with Crippen molar-refractivity contribution in [1.82, 2.24) is 24.1 Å². The number of anilines is 1. The third-order valence-electron chi connectivity index (χ3n) is 6.30. The molecule has 1 saturated heterocycles. The maximum atomic E-state index is 13.1. The van der Waals surface area contributed by atoms with Crippen molar-refractivity contribution in [2.45, 2.75) is 32.6 Å². The maximum absolute atomic E-state index is 13.1. The predicted octanol–water partition coefficient (Wildman–Crippen LogP) is 3.56. The Bertz CT molecular complexity index is 1470. The van der Waals surface area contributed by atoms with Crippen LogP contribution in [-0.4, -0.2) is 58.7 Å². The van der Waals surface area contributed by atoms with Crippen molar-refractivity contribution < 1.29 is 8.42 Å². The quantitative estimate of drug-likeness (QED) is 0.448. The van der Waals surface area contributed by atoms with Crippen molar-refractivity contribution in [3.63, 3.8) is 0 Å². The number of nitrogens with zero attached hydrogens (tertiary/aromatic N) is 6. The zero-order chi connectivity index (χ0) is 24.0. The third-order valence-corrected chi connectivity index (χ3v) is 8.21. The molecule has 2 aromatic heterocycles. The average Bonchev–Trinajstić information content (AvgIpc) is 3.22. The summed E-state index contributed by atoms with van der Waals surface area (Å²) in [4.78, 5) is 11.9. The van der Waals surface area contributed by atoms with Crippen molar-refractivity contribution >= 4 is 26.9 Å². The highest BCUT2D eigenvalue weighted by Gasteiger charge is 2.30. The van der Waals surface area contributed by atoms with Gasteiger partial charge in [0.25, 0.3) is 0 Å². The molecule has 1 aliphatic heterocycles. The van der Waals surface area contributed by atoms with E-state index in [1.165, 1.54) is 5.56 Å². The number of sulfonamides is 1. The van der Waals surface area contributed by atoms with Crippen LogP contribution in [0.2, 0.25) is 0 Å². The summed E-state index contributed by atoms with van der Waals surface area (Å²) >= 11 is 0. The average molecular weight is 477 g/mol. The molecule has 1 aliphatic rings. The molecule has 34 heavy (non-hydrogen) atoms. The van der Waals surface area contributed by atoms with Gasteiger partial charge in [-0.15, -0.1) is 0 Å². The summed E-state index contributed by atoms with van der Waals surface area (Å²) in [5.74, 6) is 1.45. The number of piperazine rings is 1. The van der Waals surface area contributed by atoms with Crippen LogP contribution in [0.3, 0.4) is 0 Å². The number of benzene rings is 2. The van der Waals surface area contributed by atoms with Gasteiger partial charge in [0.05, 0.1) is 22.2 Å². The molecule has 0 bridgehead atoms. The Balaban J connectivity index is 1.44. The van der Waals surface area contributed by atoms with Crippen LogP contribution in [0.15, 0.2) is 53.6 Å². The van der Waals surface area contributed by atoms with Gasteiger partial charge in [0.1, 0.15) is 11.6 Å². The molecule has 3 heterocycles. The molecular weight excluding hydrogens is 448 g/mol. The second kappa shape index (κ2) is 8.48. The fraction of sp³-hybridized carbons (Fsp3) is 0.320. The predicted molar refractivity (Wildman–Crippen MR) is 133 cm³/mol. The lowest BCUT2D eigenvalue weighted by Gasteiger charge is -2.35. The molecule has 0 N–H and O–H groups in total. The summed E-state index contributed by atoms with van der Waals surface area (Å²) < 4.78 is 29.6. The van der Waals surface area contributed by atoms with Gasteiger partial charge in [-0.1, -0.05) is 35.4 Å². The highest BCUT2D eigenvalue weighted by molar-refractivity contribution is 7.89. The third kappa shape index (κ3) is 3.95. The van der Waals surface area contributed by atoms with E-state index in [1.807, 2.05) is 30.7 Å². The number of hydrogen-bond acceptors (Lipinski definition) is 6. The summed E-state index contributed by atoms with van der Waals surface area (Å²) in [6.45, 7) is 9.84. The van der Waals surface area contributed by atoms with Crippen molar-refractivity contribution in [2.24, 2.45) is 0 Å². The van der Waals surface area contributed by atoms with Gasteiger partial charge in [-0.2, -0.15) is 9.40 Å². The molecule has 2 aromatic carbocycles. The van der Waals surface area contributed by atoms with Gasteiger partial charge in [-0.25, -0.2) is 23.1 Å². The van der Waals surface area contributed by atoms with Crippen LogP contribution in [0.25, 0.3) is 16.7 Å². The molecule has 1 fully saturated rings. The Labute approximate surface area is 199 Å². The van der Waals surface area contributed by atoms with Crippen molar-refractivity contribution in [3.8, 4) is 5.69 Å². The molecule has 5 rings (SSSR count). The lowest BCUT2D eigenvalue weighted by molar-refractivity contribution is 0.384. The van der Waals surface area contributed by atoms with Crippen molar-refractivity contribution in [3.05, 3.63) is 71.2 Å². The molecule has 0 saturated carbocycles. The summed E-state index contributed by atoms with van der Waals surface area (Å²) in [6.07, 6.45) is 1.80. The molecule has 176 valence electrons. The summed E-state index contributed by atoms with van der Waals surface area (Å²) in [7, 11) is -3.52. The molecule has 4 aromatic rings. The SMILES string of the molecule is Cc1ccc(S(=O)(=O)N2CCN(c3nc(C)nc4c3cnn4-c3ccc(C)cc3C)CC2)cc1. The summed E-state index contributed by atoms with van der Waals surface area (Å²) in [6, 6.07) is 13.3. The van der Waals surface area contributed by atoms with Crippen molar-refractivity contribution in [2.75, 3.05) is 31.1 Å². The molecule has 0 aliphatic carbocycles. The van der Waals surface area contributed by atoms with Crippen LogP contribution in [0, 0.1) is 27.7 Å². The number of hydrogen-bond donors (Lipinski definition) is 0. The Morgan fingerprint density at radius 2 is 1.50 bits per heavy atom. The molecule has 8 nitrogen and oxygen atoms in total. The largest absolute Gasteiger partial charge is 0.353 e. The lowest BCUT2D eigenvalue weighted by atomic mass is 10.1. The first kappa shape index (κ1) is 22.5. The minimum Gasteiger partial charge on any atom is -0.353 e. The van der Waals surface area contributed by atoms with E-state index in [4.69, 9.17) is 4.98 Å². The number of aromatic nitrogens is 4. The first-order valence-electron chi connectivity index (χ1n) is 11.4. The second-order valence-corrected chi connectivity index (χ2v) is 10.8. The van der Waals surface area contributed by atoms with Crippen LogP contribution in [0.4, 0.5) is 5.82 Å². The van der Waals surface area contributed by atoms with Crippen LogP contribution in [-0.2, 0) is 10.0 Å². The zero-order valence-electron chi connectivity index (χ0n) is 19.9. The van der Waals surface area contributed by atoms with Crippen LogP contribution in [0.5, 0.6) is 0 Å². The van der Waals surface area contributed by atoms with Gasteiger partial charge in [0.15, 0.2) is 5.65 Å². The minimum atomic E-state index is -3.52. The minimum absolute atomic E-state index is 0.335. The van der Waals surface area contributed by atoms with Gasteiger partial charge >= 0.3 is 0 Å². The molecule has 9 heteroatoms. The first-order chi connectivity index (χ1) is 16.2. The second-order valence-electron chi connectivity index (χ2n) is 8.88. The molecule has 0 spiro atoms. The molecule has 0 unspecified atom stereocenters. The standard InChI is InChI=1S/C25H28N6O2S/c1-17-5-8-21(9-6-17)34(32,33)30-13-11-29(12-14-30)24-22-16-26-31(25(22)28-20(4)27-24)23-10-7-18(2)15-19(23)3/h5-10,15-16H,11-14H2,1-4H3. The van der Waals surface area contributed by atoms with Gasteiger partial charge in [0, 0.05) is 26.2 Å². The number of rotatable bonds is 4. The topological polar surface area (TPSA) is 84.2 Å². The Hall–Kier alpha value is -3.30. The van der Waals surface area contributed by atoms with E-state index in [-0.39, 0.29) is 0 Å². The zero-order valence-corrected chi connectivity index (χ0v) is 20.7. The van der Waals surface area contributed by atoms with Gasteiger partial charge in [-0.05, 0) is 51.5 Å². The van der Waals surface area contributed by atoms with E-state index in [2.05, 4.69) is 47.0 Å². The van der Waals surface area contributed by atoms with Gasteiger partial charge in [0.2, 0.25) is 10.0 Å². The monoisotopic (exact) mass is 476 g/mol. The van der Waals surface area contributed by atoms with E-state index < -0.39 is 10.0 Å². The van der Waals surface area contributed by atoms with E-state index in [0.29, 0.717) is 36.9 Å². The Morgan fingerprint density at radius 1 is 0.824 bits per heavy atom. The van der Waals surface area contributed by atoms with E-state index >= 15 is 0 Å². The fourth-order valence-corrected chi connectivity index (χ4v) is 5.88. The molecule has 0 amide bonds. The maximum Gasteiger partial charge on any atom is 0.243 e.